The standard InChI is InChI=1S/C21H26N4O/c1-2-23-11-13-24(14-12-23)21(26)20-15-19(7-9-22-20)25-10-8-17-5-3-4-6-18(17)16-25/h3-7,9,15H,2,8,10-14,16H2,1H3. The minimum Gasteiger partial charge on any atom is -0.367 e. The van der Waals surface area contributed by atoms with E-state index in [-0.39, 0.29) is 5.91 Å². The van der Waals surface area contributed by atoms with Crippen molar-refractivity contribution in [3.63, 3.8) is 0 Å². The molecule has 0 atom stereocenters. The lowest BCUT2D eigenvalue weighted by molar-refractivity contribution is 0.0637. The molecule has 5 nitrogen and oxygen atoms in total. The van der Waals surface area contributed by atoms with Crippen LogP contribution in [0.2, 0.25) is 0 Å². The van der Waals surface area contributed by atoms with Gasteiger partial charge in [0.25, 0.3) is 5.91 Å². The van der Waals surface area contributed by atoms with Crippen LogP contribution in [0.4, 0.5) is 5.69 Å². The number of fused-ring (bicyclic) bond motifs is 1. The van der Waals surface area contributed by atoms with Crippen LogP contribution in [0.3, 0.4) is 0 Å². The number of nitrogens with zero attached hydrogens (tertiary/aromatic N) is 4. The third kappa shape index (κ3) is 3.44. The van der Waals surface area contributed by atoms with Crippen molar-refractivity contribution in [3.05, 3.63) is 59.4 Å². The zero-order valence-electron chi connectivity index (χ0n) is 15.4. The molecule has 2 aliphatic rings. The number of hydrogen-bond acceptors (Lipinski definition) is 4. The lowest BCUT2D eigenvalue weighted by Gasteiger charge is -2.34. The summed E-state index contributed by atoms with van der Waals surface area (Å²) >= 11 is 0. The number of piperazine rings is 1. The van der Waals surface area contributed by atoms with Gasteiger partial charge in [-0.3, -0.25) is 9.78 Å². The van der Waals surface area contributed by atoms with Crippen molar-refractivity contribution in [3.8, 4) is 0 Å². The highest BCUT2D eigenvalue weighted by atomic mass is 16.2. The summed E-state index contributed by atoms with van der Waals surface area (Å²) in [4.78, 5) is 23.9. The molecule has 1 fully saturated rings. The summed E-state index contributed by atoms with van der Waals surface area (Å²) in [6.45, 7) is 8.55. The molecule has 2 aromatic rings. The number of aromatic nitrogens is 1. The monoisotopic (exact) mass is 350 g/mol. The normalized spacial score (nSPS) is 17.9. The average Bonchev–Trinajstić information content (AvgIpc) is 2.73. The quantitative estimate of drug-likeness (QED) is 0.852. The second kappa shape index (κ2) is 7.46. The third-order valence-electron chi connectivity index (χ3n) is 5.57. The van der Waals surface area contributed by atoms with Crippen LogP contribution in [0.15, 0.2) is 42.6 Å². The van der Waals surface area contributed by atoms with Crippen molar-refractivity contribution in [2.45, 2.75) is 19.9 Å². The Bertz CT molecular complexity index is 783. The minimum atomic E-state index is 0.0556. The number of rotatable bonds is 3. The van der Waals surface area contributed by atoms with Gasteiger partial charge in [0.15, 0.2) is 0 Å². The van der Waals surface area contributed by atoms with Crippen LogP contribution >= 0.6 is 0 Å². The predicted molar refractivity (Wildman–Crippen MR) is 103 cm³/mol. The lowest BCUT2D eigenvalue weighted by atomic mass is 9.99. The van der Waals surface area contributed by atoms with Gasteiger partial charge in [-0.2, -0.15) is 0 Å². The number of carbonyl (C=O) groups excluding carboxylic acids is 1. The second-order valence-corrected chi connectivity index (χ2v) is 7.07. The molecule has 2 aliphatic heterocycles. The van der Waals surface area contributed by atoms with Gasteiger partial charge in [0.2, 0.25) is 0 Å². The molecular formula is C21H26N4O. The van der Waals surface area contributed by atoms with Crippen LogP contribution in [0, 0.1) is 0 Å². The summed E-state index contributed by atoms with van der Waals surface area (Å²) in [5.41, 5.74) is 4.46. The molecule has 1 saturated heterocycles. The van der Waals surface area contributed by atoms with Gasteiger partial charge < -0.3 is 14.7 Å². The molecule has 1 amide bonds. The van der Waals surface area contributed by atoms with E-state index in [2.05, 4.69) is 46.0 Å². The highest BCUT2D eigenvalue weighted by Crippen LogP contribution is 2.24. The topological polar surface area (TPSA) is 39.7 Å². The van der Waals surface area contributed by atoms with Crippen LogP contribution in [-0.2, 0) is 13.0 Å². The second-order valence-electron chi connectivity index (χ2n) is 7.07. The molecule has 0 radical (unpaired) electrons. The van der Waals surface area contributed by atoms with E-state index >= 15 is 0 Å². The average molecular weight is 350 g/mol. The Morgan fingerprint density at radius 3 is 2.58 bits per heavy atom. The molecule has 3 heterocycles. The Morgan fingerprint density at radius 2 is 1.81 bits per heavy atom. The fourth-order valence-corrected chi connectivity index (χ4v) is 3.88. The fraction of sp³-hybridized carbons (Fsp3) is 0.429. The number of benzene rings is 1. The first-order chi connectivity index (χ1) is 12.7. The third-order valence-corrected chi connectivity index (χ3v) is 5.57. The number of hydrogen-bond donors (Lipinski definition) is 0. The molecule has 0 spiro atoms. The van der Waals surface area contributed by atoms with Crippen molar-refractivity contribution in [1.29, 1.82) is 0 Å². The first-order valence-corrected chi connectivity index (χ1v) is 9.54. The number of carbonyl (C=O) groups is 1. The number of amides is 1. The fourth-order valence-electron chi connectivity index (χ4n) is 3.88. The van der Waals surface area contributed by atoms with E-state index in [4.69, 9.17) is 0 Å². The van der Waals surface area contributed by atoms with Gasteiger partial charge in [0.1, 0.15) is 5.69 Å². The molecule has 0 unspecified atom stereocenters. The largest absolute Gasteiger partial charge is 0.367 e. The first-order valence-electron chi connectivity index (χ1n) is 9.54. The van der Waals surface area contributed by atoms with Gasteiger partial charge in [-0.05, 0) is 36.2 Å². The van der Waals surface area contributed by atoms with Crippen molar-refractivity contribution in [2.24, 2.45) is 0 Å². The molecule has 0 bridgehead atoms. The van der Waals surface area contributed by atoms with Gasteiger partial charge >= 0.3 is 0 Å². The number of likely N-dealkylation sites (N-methyl/N-ethyl adjacent to an activating group) is 1. The van der Waals surface area contributed by atoms with Crippen molar-refractivity contribution in [1.82, 2.24) is 14.8 Å². The number of pyridine rings is 1. The van der Waals surface area contributed by atoms with Gasteiger partial charge in [0, 0.05) is 51.2 Å². The van der Waals surface area contributed by atoms with Crippen LogP contribution < -0.4 is 4.90 Å². The lowest BCUT2D eigenvalue weighted by Crippen LogP contribution is -2.48. The van der Waals surface area contributed by atoms with E-state index in [9.17, 15) is 4.79 Å². The Labute approximate surface area is 155 Å². The summed E-state index contributed by atoms with van der Waals surface area (Å²) in [6, 6.07) is 12.6. The smallest absolute Gasteiger partial charge is 0.272 e. The molecule has 4 rings (SSSR count). The summed E-state index contributed by atoms with van der Waals surface area (Å²) in [5.74, 6) is 0.0556. The molecule has 0 aliphatic carbocycles. The SMILES string of the molecule is CCN1CCN(C(=O)c2cc(N3CCc4ccccc4C3)ccn2)CC1. The Balaban J connectivity index is 1.48. The summed E-state index contributed by atoms with van der Waals surface area (Å²) < 4.78 is 0. The number of anilines is 1. The van der Waals surface area contributed by atoms with E-state index < -0.39 is 0 Å². The maximum Gasteiger partial charge on any atom is 0.272 e. The molecule has 5 heteroatoms. The van der Waals surface area contributed by atoms with E-state index in [1.807, 2.05) is 17.0 Å². The Kier molecular flexibility index (Phi) is 4.89. The zero-order chi connectivity index (χ0) is 17.9. The van der Waals surface area contributed by atoms with E-state index in [1.165, 1.54) is 11.1 Å². The van der Waals surface area contributed by atoms with Crippen LogP contribution in [0.5, 0.6) is 0 Å². The van der Waals surface area contributed by atoms with Crippen molar-refractivity contribution in [2.75, 3.05) is 44.2 Å². The zero-order valence-corrected chi connectivity index (χ0v) is 15.4. The van der Waals surface area contributed by atoms with Gasteiger partial charge in [-0.25, -0.2) is 0 Å². The Morgan fingerprint density at radius 1 is 1.04 bits per heavy atom. The molecule has 26 heavy (non-hydrogen) atoms. The van der Waals surface area contributed by atoms with E-state index in [0.29, 0.717) is 5.69 Å². The van der Waals surface area contributed by atoms with Gasteiger partial charge in [0.05, 0.1) is 0 Å². The molecular weight excluding hydrogens is 324 g/mol. The molecule has 1 aromatic carbocycles. The van der Waals surface area contributed by atoms with E-state index in [1.54, 1.807) is 6.20 Å². The molecule has 136 valence electrons. The minimum absolute atomic E-state index is 0.0556. The Hall–Kier alpha value is -2.40. The van der Waals surface area contributed by atoms with Crippen LogP contribution in [-0.4, -0.2) is 60.0 Å². The van der Waals surface area contributed by atoms with Crippen LogP contribution in [0.25, 0.3) is 0 Å². The predicted octanol–water partition coefficient (Wildman–Crippen LogP) is 2.42. The first kappa shape index (κ1) is 17.0. The van der Waals surface area contributed by atoms with Crippen molar-refractivity contribution >= 4 is 11.6 Å². The molecule has 0 saturated carbocycles. The summed E-state index contributed by atoms with van der Waals surface area (Å²) in [6.07, 6.45) is 2.81. The van der Waals surface area contributed by atoms with Crippen LogP contribution in [0.1, 0.15) is 28.5 Å². The highest BCUT2D eigenvalue weighted by Gasteiger charge is 2.23. The van der Waals surface area contributed by atoms with E-state index in [0.717, 1.165) is 57.9 Å². The molecule has 0 N–H and O–H groups in total. The van der Waals surface area contributed by atoms with Gasteiger partial charge in [-0.15, -0.1) is 0 Å². The summed E-state index contributed by atoms with van der Waals surface area (Å²) in [7, 11) is 0. The highest BCUT2D eigenvalue weighted by molar-refractivity contribution is 5.93. The molecule has 1 aromatic heterocycles. The van der Waals surface area contributed by atoms with Crippen molar-refractivity contribution < 1.29 is 4.79 Å². The maximum absolute atomic E-state index is 12.9. The van der Waals surface area contributed by atoms with Gasteiger partial charge in [-0.1, -0.05) is 31.2 Å². The maximum atomic E-state index is 12.9. The summed E-state index contributed by atoms with van der Waals surface area (Å²) in [5, 5.41) is 0.